The van der Waals surface area contributed by atoms with Gasteiger partial charge < -0.3 is 4.74 Å². The van der Waals surface area contributed by atoms with E-state index >= 15 is 0 Å². The first-order valence-corrected chi connectivity index (χ1v) is 6.18. The molecule has 0 unspecified atom stereocenters. The van der Waals surface area contributed by atoms with Gasteiger partial charge in [-0.2, -0.15) is 5.26 Å². The molecule has 1 aromatic heterocycles. The van der Waals surface area contributed by atoms with Crippen molar-refractivity contribution in [2.45, 2.75) is 20.8 Å². The standard InChI is InChI=1S/C16H14N2O2/c1-10-4-6-13(7-5-10)16(19)20-15-14(9-17)11(2)8-12(3)18-15/h4-8H,1-3H3. The van der Waals surface area contributed by atoms with Crippen LogP contribution in [0.4, 0.5) is 0 Å². The van der Waals surface area contributed by atoms with Crippen molar-refractivity contribution >= 4 is 5.97 Å². The second-order valence-corrected chi connectivity index (χ2v) is 4.63. The molecule has 1 heterocycles. The molecule has 4 nitrogen and oxygen atoms in total. The molecular formula is C16H14N2O2. The van der Waals surface area contributed by atoms with Crippen LogP contribution < -0.4 is 4.74 Å². The quantitative estimate of drug-likeness (QED) is 0.783. The Morgan fingerprint density at radius 3 is 2.45 bits per heavy atom. The van der Waals surface area contributed by atoms with Crippen molar-refractivity contribution in [3.63, 3.8) is 0 Å². The first kappa shape index (κ1) is 13.8. The van der Waals surface area contributed by atoms with E-state index in [0.29, 0.717) is 11.3 Å². The molecule has 0 spiro atoms. The van der Waals surface area contributed by atoms with E-state index in [-0.39, 0.29) is 11.4 Å². The third-order valence-electron chi connectivity index (χ3n) is 2.90. The monoisotopic (exact) mass is 266 g/mol. The molecule has 0 aliphatic rings. The number of carbonyl (C=O) groups excluding carboxylic acids is 1. The fourth-order valence-corrected chi connectivity index (χ4v) is 1.85. The number of esters is 1. The molecule has 2 aromatic rings. The lowest BCUT2D eigenvalue weighted by atomic mass is 10.1. The van der Waals surface area contributed by atoms with E-state index in [4.69, 9.17) is 10.00 Å². The Bertz CT molecular complexity index is 698. The highest BCUT2D eigenvalue weighted by atomic mass is 16.5. The van der Waals surface area contributed by atoms with Crippen LogP contribution in [-0.2, 0) is 0 Å². The number of aromatic nitrogens is 1. The Morgan fingerprint density at radius 1 is 1.20 bits per heavy atom. The average molecular weight is 266 g/mol. The van der Waals surface area contributed by atoms with Gasteiger partial charge in [-0.3, -0.25) is 0 Å². The number of carbonyl (C=O) groups is 1. The van der Waals surface area contributed by atoms with Gasteiger partial charge in [0, 0.05) is 5.69 Å². The molecule has 0 saturated heterocycles. The van der Waals surface area contributed by atoms with Crippen molar-refractivity contribution in [2.24, 2.45) is 0 Å². The lowest BCUT2D eigenvalue weighted by Crippen LogP contribution is -2.11. The molecule has 0 aliphatic carbocycles. The van der Waals surface area contributed by atoms with E-state index < -0.39 is 5.97 Å². The molecule has 0 fully saturated rings. The van der Waals surface area contributed by atoms with Gasteiger partial charge in [0.25, 0.3) is 0 Å². The minimum atomic E-state index is -0.515. The Kier molecular flexibility index (Phi) is 3.81. The fraction of sp³-hybridized carbons (Fsp3) is 0.188. The average Bonchev–Trinajstić information content (AvgIpc) is 2.39. The number of nitriles is 1. The van der Waals surface area contributed by atoms with Gasteiger partial charge in [0.1, 0.15) is 11.6 Å². The largest absolute Gasteiger partial charge is 0.402 e. The Morgan fingerprint density at radius 2 is 1.85 bits per heavy atom. The summed E-state index contributed by atoms with van der Waals surface area (Å²) < 4.78 is 5.25. The molecule has 100 valence electrons. The van der Waals surface area contributed by atoms with Gasteiger partial charge in [-0.25, -0.2) is 9.78 Å². The van der Waals surface area contributed by atoms with Gasteiger partial charge in [0.2, 0.25) is 5.88 Å². The van der Waals surface area contributed by atoms with Crippen LogP contribution in [0.5, 0.6) is 5.88 Å². The van der Waals surface area contributed by atoms with Crippen molar-refractivity contribution in [1.29, 1.82) is 5.26 Å². The van der Waals surface area contributed by atoms with Crippen LogP contribution in [-0.4, -0.2) is 11.0 Å². The molecule has 20 heavy (non-hydrogen) atoms. The Labute approximate surface area is 117 Å². The smallest absolute Gasteiger partial charge is 0.344 e. The van der Waals surface area contributed by atoms with Crippen molar-refractivity contribution in [1.82, 2.24) is 4.98 Å². The predicted octanol–water partition coefficient (Wildman–Crippen LogP) is 3.10. The Hall–Kier alpha value is -2.67. The van der Waals surface area contributed by atoms with E-state index in [9.17, 15) is 4.79 Å². The number of ether oxygens (including phenoxy) is 1. The number of aryl methyl sites for hydroxylation is 3. The lowest BCUT2D eigenvalue weighted by molar-refractivity contribution is 0.0726. The van der Waals surface area contributed by atoms with Crippen LogP contribution in [0.1, 0.15) is 32.7 Å². The number of hydrogen-bond donors (Lipinski definition) is 0. The zero-order valence-corrected chi connectivity index (χ0v) is 11.6. The SMILES string of the molecule is Cc1ccc(C(=O)Oc2nc(C)cc(C)c2C#N)cc1. The van der Waals surface area contributed by atoms with E-state index in [1.165, 1.54) is 0 Å². The second-order valence-electron chi connectivity index (χ2n) is 4.63. The maximum atomic E-state index is 12.0. The van der Waals surface area contributed by atoms with Crippen molar-refractivity contribution < 1.29 is 9.53 Å². The van der Waals surface area contributed by atoms with Gasteiger partial charge in [0.05, 0.1) is 5.56 Å². The highest BCUT2D eigenvalue weighted by molar-refractivity contribution is 5.91. The molecule has 0 saturated carbocycles. The van der Waals surface area contributed by atoms with Crippen molar-refractivity contribution in [2.75, 3.05) is 0 Å². The molecule has 1 aromatic carbocycles. The predicted molar refractivity (Wildman–Crippen MR) is 74.6 cm³/mol. The summed E-state index contributed by atoms with van der Waals surface area (Å²) in [6.45, 7) is 5.52. The van der Waals surface area contributed by atoms with Gasteiger partial charge in [0.15, 0.2) is 0 Å². The van der Waals surface area contributed by atoms with Gasteiger partial charge in [-0.05, 0) is 44.5 Å². The van der Waals surface area contributed by atoms with Crippen LogP contribution in [0.2, 0.25) is 0 Å². The number of benzene rings is 1. The number of nitrogens with zero attached hydrogens (tertiary/aromatic N) is 2. The Balaban J connectivity index is 2.33. The van der Waals surface area contributed by atoms with E-state index in [0.717, 1.165) is 11.1 Å². The zero-order chi connectivity index (χ0) is 14.7. The molecule has 0 atom stereocenters. The van der Waals surface area contributed by atoms with Crippen LogP contribution in [0.15, 0.2) is 30.3 Å². The van der Waals surface area contributed by atoms with Crippen LogP contribution in [0, 0.1) is 32.1 Å². The molecule has 2 rings (SSSR count). The topological polar surface area (TPSA) is 63.0 Å². The zero-order valence-electron chi connectivity index (χ0n) is 11.6. The third-order valence-corrected chi connectivity index (χ3v) is 2.90. The molecule has 0 aliphatic heterocycles. The number of hydrogen-bond acceptors (Lipinski definition) is 4. The van der Waals surface area contributed by atoms with Crippen LogP contribution in [0.25, 0.3) is 0 Å². The van der Waals surface area contributed by atoms with Crippen LogP contribution in [0.3, 0.4) is 0 Å². The molecule has 0 amide bonds. The maximum Gasteiger partial charge on any atom is 0.344 e. The van der Waals surface area contributed by atoms with Gasteiger partial charge >= 0.3 is 5.97 Å². The minimum absolute atomic E-state index is 0.0653. The van der Waals surface area contributed by atoms with E-state index in [1.54, 1.807) is 32.0 Å². The van der Waals surface area contributed by atoms with E-state index in [2.05, 4.69) is 4.98 Å². The maximum absolute atomic E-state index is 12.0. The van der Waals surface area contributed by atoms with Gasteiger partial charge in [-0.15, -0.1) is 0 Å². The summed E-state index contributed by atoms with van der Waals surface area (Å²) in [5, 5.41) is 9.13. The summed E-state index contributed by atoms with van der Waals surface area (Å²) in [7, 11) is 0. The molecule has 0 radical (unpaired) electrons. The summed E-state index contributed by atoms with van der Waals surface area (Å²) >= 11 is 0. The van der Waals surface area contributed by atoms with E-state index in [1.807, 2.05) is 25.1 Å². The number of pyridine rings is 1. The molecule has 0 N–H and O–H groups in total. The normalized spacial score (nSPS) is 9.90. The highest BCUT2D eigenvalue weighted by Gasteiger charge is 2.15. The van der Waals surface area contributed by atoms with Gasteiger partial charge in [-0.1, -0.05) is 17.7 Å². The lowest BCUT2D eigenvalue weighted by Gasteiger charge is -2.08. The fourth-order valence-electron chi connectivity index (χ4n) is 1.85. The second kappa shape index (κ2) is 5.54. The molecule has 4 heteroatoms. The highest BCUT2D eigenvalue weighted by Crippen LogP contribution is 2.21. The van der Waals surface area contributed by atoms with Crippen molar-refractivity contribution in [3.8, 4) is 11.9 Å². The van der Waals surface area contributed by atoms with Crippen molar-refractivity contribution in [3.05, 3.63) is 58.3 Å². The third kappa shape index (κ3) is 2.83. The molecule has 0 bridgehead atoms. The minimum Gasteiger partial charge on any atom is -0.402 e. The number of rotatable bonds is 2. The molecular weight excluding hydrogens is 252 g/mol. The first-order valence-electron chi connectivity index (χ1n) is 6.18. The summed E-state index contributed by atoms with van der Waals surface area (Å²) in [6.07, 6.45) is 0. The first-order chi connectivity index (χ1) is 9.51. The summed E-state index contributed by atoms with van der Waals surface area (Å²) in [4.78, 5) is 16.2. The van der Waals surface area contributed by atoms with Crippen LogP contribution >= 0.6 is 0 Å². The summed E-state index contributed by atoms with van der Waals surface area (Å²) in [5.74, 6) is -0.449. The summed E-state index contributed by atoms with van der Waals surface area (Å²) in [5.41, 5.74) is 3.22. The summed E-state index contributed by atoms with van der Waals surface area (Å²) in [6, 6.07) is 10.8.